The van der Waals surface area contributed by atoms with Gasteiger partial charge in [0.05, 0.1) is 34.4 Å². The van der Waals surface area contributed by atoms with Crippen molar-refractivity contribution in [2.45, 2.75) is 0 Å². The summed E-state index contributed by atoms with van der Waals surface area (Å²) in [6.45, 7) is 0. The highest BCUT2D eigenvalue weighted by molar-refractivity contribution is 9.12. The molecule has 0 fully saturated rings. The SMILES string of the molecule is O=C(O)c1cc(Cl)c(NC(=O)c2cc(Br)sc2Br)c(Cl)c1. The number of aromatic carboxylic acids is 1. The van der Waals surface area contributed by atoms with Crippen molar-refractivity contribution in [2.24, 2.45) is 0 Å². The van der Waals surface area contributed by atoms with E-state index in [1.165, 1.54) is 23.5 Å². The molecule has 0 saturated heterocycles. The molecular formula is C12H5Br2Cl2NO3S. The molecule has 9 heteroatoms. The fourth-order valence-corrected chi connectivity index (χ4v) is 4.87. The molecule has 2 rings (SSSR count). The molecule has 0 aliphatic heterocycles. The van der Waals surface area contributed by atoms with Crippen LogP contribution in [0.3, 0.4) is 0 Å². The van der Waals surface area contributed by atoms with Crippen molar-refractivity contribution < 1.29 is 14.7 Å². The van der Waals surface area contributed by atoms with E-state index in [2.05, 4.69) is 37.2 Å². The van der Waals surface area contributed by atoms with E-state index in [4.69, 9.17) is 28.3 Å². The summed E-state index contributed by atoms with van der Waals surface area (Å²) in [4.78, 5) is 23.1. The molecule has 1 amide bonds. The second kappa shape index (κ2) is 6.66. The van der Waals surface area contributed by atoms with E-state index in [9.17, 15) is 9.59 Å². The zero-order valence-electron chi connectivity index (χ0n) is 9.92. The summed E-state index contributed by atoms with van der Waals surface area (Å²) in [7, 11) is 0. The minimum Gasteiger partial charge on any atom is -0.478 e. The Morgan fingerprint density at radius 3 is 2.14 bits per heavy atom. The lowest BCUT2D eigenvalue weighted by Gasteiger charge is -2.10. The van der Waals surface area contributed by atoms with Crippen molar-refractivity contribution in [3.8, 4) is 0 Å². The normalized spacial score (nSPS) is 10.5. The van der Waals surface area contributed by atoms with Gasteiger partial charge in [0.1, 0.15) is 0 Å². The van der Waals surface area contributed by atoms with Crippen molar-refractivity contribution in [2.75, 3.05) is 5.32 Å². The molecular weight excluding hydrogens is 469 g/mol. The maximum atomic E-state index is 12.2. The van der Waals surface area contributed by atoms with Gasteiger partial charge in [-0.2, -0.15) is 0 Å². The Hall–Kier alpha value is -0.600. The van der Waals surface area contributed by atoms with E-state index in [-0.39, 0.29) is 21.3 Å². The zero-order chi connectivity index (χ0) is 15.7. The highest BCUT2D eigenvalue weighted by atomic mass is 79.9. The number of rotatable bonds is 3. The molecule has 110 valence electrons. The number of carbonyl (C=O) groups is 2. The number of amides is 1. The van der Waals surface area contributed by atoms with Gasteiger partial charge in [-0.25, -0.2) is 4.79 Å². The summed E-state index contributed by atoms with van der Waals surface area (Å²) in [5.74, 6) is -1.56. The Bertz CT molecular complexity index is 725. The highest BCUT2D eigenvalue weighted by Gasteiger charge is 2.18. The number of nitrogens with one attached hydrogen (secondary N) is 1. The lowest BCUT2D eigenvalue weighted by atomic mass is 10.2. The first-order valence-electron chi connectivity index (χ1n) is 5.28. The third-order valence-corrected chi connectivity index (χ3v) is 5.36. The number of carbonyl (C=O) groups excluding carboxylic acids is 1. The average molecular weight is 474 g/mol. The zero-order valence-corrected chi connectivity index (χ0v) is 15.4. The molecule has 0 unspecified atom stereocenters. The first kappa shape index (κ1) is 16.8. The van der Waals surface area contributed by atoms with Crippen LogP contribution in [0.2, 0.25) is 10.0 Å². The monoisotopic (exact) mass is 471 g/mol. The van der Waals surface area contributed by atoms with Crippen molar-refractivity contribution in [1.82, 2.24) is 0 Å². The number of carboxylic acid groups (broad SMARTS) is 1. The average Bonchev–Trinajstić information content (AvgIpc) is 2.72. The predicted molar refractivity (Wildman–Crippen MR) is 91.1 cm³/mol. The van der Waals surface area contributed by atoms with Gasteiger partial charge in [0, 0.05) is 0 Å². The number of benzene rings is 1. The quantitative estimate of drug-likeness (QED) is 0.616. The molecule has 1 aromatic heterocycles. The van der Waals surface area contributed by atoms with Crippen LogP contribution in [0.25, 0.3) is 0 Å². The van der Waals surface area contributed by atoms with Gasteiger partial charge in [-0.05, 0) is 50.1 Å². The Labute approximate surface area is 150 Å². The summed E-state index contributed by atoms with van der Waals surface area (Å²) >= 11 is 19.9. The summed E-state index contributed by atoms with van der Waals surface area (Å²) in [6.07, 6.45) is 0. The van der Waals surface area contributed by atoms with Crippen LogP contribution < -0.4 is 5.32 Å². The molecule has 2 aromatic rings. The third kappa shape index (κ3) is 3.78. The molecule has 0 spiro atoms. The van der Waals surface area contributed by atoms with Gasteiger partial charge in [0.25, 0.3) is 5.91 Å². The van der Waals surface area contributed by atoms with Gasteiger partial charge >= 0.3 is 5.97 Å². The largest absolute Gasteiger partial charge is 0.478 e. The van der Waals surface area contributed by atoms with Gasteiger partial charge in [0.2, 0.25) is 0 Å². The van der Waals surface area contributed by atoms with Crippen LogP contribution in [0.1, 0.15) is 20.7 Å². The van der Waals surface area contributed by atoms with E-state index in [0.717, 1.165) is 3.79 Å². The van der Waals surface area contributed by atoms with Gasteiger partial charge in [-0.1, -0.05) is 23.2 Å². The Morgan fingerprint density at radius 1 is 1.14 bits per heavy atom. The molecule has 21 heavy (non-hydrogen) atoms. The predicted octanol–water partition coefficient (Wildman–Crippen LogP) is 5.53. The summed E-state index contributed by atoms with van der Waals surface area (Å²) in [5.41, 5.74) is 0.534. The maximum absolute atomic E-state index is 12.2. The molecule has 0 saturated carbocycles. The van der Waals surface area contributed by atoms with E-state index in [0.29, 0.717) is 9.35 Å². The van der Waals surface area contributed by atoms with E-state index in [1.807, 2.05) is 0 Å². The van der Waals surface area contributed by atoms with Crippen LogP contribution in [0.5, 0.6) is 0 Å². The summed E-state index contributed by atoms with van der Waals surface area (Å²) < 4.78 is 1.44. The molecule has 4 nitrogen and oxygen atoms in total. The number of halogens is 4. The van der Waals surface area contributed by atoms with E-state index >= 15 is 0 Å². The second-order valence-electron chi connectivity index (χ2n) is 3.81. The maximum Gasteiger partial charge on any atom is 0.335 e. The highest BCUT2D eigenvalue weighted by Crippen LogP contribution is 2.35. The van der Waals surface area contributed by atoms with Crippen molar-refractivity contribution in [3.63, 3.8) is 0 Å². The van der Waals surface area contributed by atoms with Crippen molar-refractivity contribution >= 4 is 84.0 Å². The molecule has 1 heterocycles. The van der Waals surface area contributed by atoms with Crippen molar-refractivity contribution in [3.05, 3.63) is 46.9 Å². The Balaban J connectivity index is 2.34. The molecule has 0 aliphatic carbocycles. The Morgan fingerprint density at radius 2 is 1.71 bits per heavy atom. The fraction of sp³-hybridized carbons (Fsp3) is 0. The minimum atomic E-state index is -1.15. The molecule has 1 aromatic carbocycles. The minimum absolute atomic E-state index is 0.0533. The van der Waals surface area contributed by atoms with Crippen LogP contribution in [0, 0.1) is 0 Å². The van der Waals surface area contributed by atoms with Crippen LogP contribution in [0.15, 0.2) is 25.8 Å². The molecule has 0 bridgehead atoms. The number of anilines is 1. The van der Waals surface area contributed by atoms with Crippen molar-refractivity contribution in [1.29, 1.82) is 0 Å². The van der Waals surface area contributed by atoms with Crippen LogP contribution in [-0.4, -0.2) is 17.0 Å². The van der Waals surface area contributed by atoms with Crippen LogP contribution in [-0.2, 0) is 0 Å². The van der Waals surface area contributed by atoms with Gasteiger partial charge < -0.3 is 10.4 Å². The molecule has 2 N–H and O–H groups in total. The lowest BCUT2D eigenvalue weighted by molar-refractivity contribution is 0.0696. The summed E-state index contributed by atoms with van der Waals surface area (Å²) in [6, 6.07) is 4.10. The first-order chi connectivity index (χ1) is 9.79. The molecule has 0 radical (unpaired) electrons. The topological polar surface area (TPSA) is 66.4 Å². The fourth-order valence-electron chi connectivity index (χ4n) is 1.49. The van der Waals surface area contributed by atoms with E-state index < -0.39 is 11.9 Å². The lowest BCUT2D eigenvalue weighted by Crippen LogP contribution is -2.12. The van der Waals surface area contributed by atoms with Gasteiger partial charge in [0.15, 0.2) is 0 Å². The number of hydrogen-bond donors (Lipinski definition) is 2. The molecule has 0 atom stereocenters. The standard InChI is InChI=1S/C12H5Br2Cl2NO3S/c13-8-3-5(10(14)21-8)11(18)17-9-6(15)1-4(12(19)20)2-7(9)16/h1-3H,(H,17,18)(H,19,20). The summed E-state index contributed by atoms with van der Waals surface area (Å²) in [5, 5.41) is 11.6. The van der Waals surface area contributed by atoms with Crippen LogP contribution >= 0.6 is 66.4 Å². The molecule has 0 aliphatic rings. The number of hydrogen-bond acceptors (Lipinski definition) is 3. The third-order valence-electron chi connectivity index (χ3n) is 2.43. The number of thiophene rings is 1. The Kier molecular flexibility index (Phi) is 5.32. The smallest absolute Gasteiger partial charge is 0.335 e. The van der Waals surface area contributed by atoms with E-state index in [1.54, 1.807) is 6.07 Å². The van der Waals surface area contributed by atoms with Gasteiger partial charge in [-0.3, -0.25) is 4.79 Å². The first-order valence-corrected chi connectivity index (χ1v) is 8.44. The second-order valence-corrected chi connectivity index (χ2v) is 8.38. The van der Waals surface area contributed by atoms with Gasteiger partial charge in [-0.15, -0.1) is 11.3 Å². The number of carboxylic acids is 1. The van der Waals surface area contributed by atoms with Crippen LogP contribution in [0.4, 0.5) is 5.69 Å².